The number of halogens is 2. The van der Waals surface area contributed by atoms with E-state index >= 15 is 0 Å². The van der Waals surface area contributed by atoms with E-state index in [1.807, 2.05) is 44.0 Å². The molecule has 0 heterocycles. The van der Waals surface area contributed by atoms with Crippen LogP contribution < -0.4 is 5.32 Å². The van der Waals surface area contributed by atoms with Gasteiger partial charge < -0.3 is 5.32 Å². The van der Waals surface area contributed by atoms with Gasteiger partial charge >= 0.3 is 0 Å². The second-order valence-electron chi connectivity index (χ2n) is 5.65. The van der Waals surface area contributed by atoms with Crippen molar-refractivity contribution < 1.29 is 9.18 Å². The number of nitrogens with zero attached hydrogens (tertiary/aromatic N) is 1. The third-order valence-corrected chi connectivity index (χ3v) is 4.36. The molecule has 1 atom stereocenters. The summed E-state index contributed by atoms with van der Waals surface area (Å²) in [5, 5.41) is 2.92. The van der Waals surface area contributed by atoms with Crippen LogP contribution in [0.2, 0.25) is 0 Å². The van der Waals surface area contributed by atoms with Crippen molar-refractivity contribution in [1.82, 2.24) is 4.90 Å². The van der Waals surface area contributed by atoms with Crippen molar-refractivity contribution in [3.8, 4) is 0 Å². The molecular weight excluding hydrogens is 359 g/mol. The number of anilines is 1. The molecule has 0 radical (unpaired) electrons. The van der Waals surface area contributed by atoms with Crippen LogP contribution in [0.15, 0.2) is 46.9 Å². The van der Waals surface area contributed by atoms with Crippen molar-refractivity contribution in [2.75, 3.05) is 18.9 Å². The highest BCUT2D eigenvalue weighted by Crippen LogP contribution is 2.21. The third-order valence-electron chi connectivity index (χ3n) is 3.87. The normalized spacial score (nSPS) is 12.3. The number of amides is 1. The largest absolute Gasteiger partial charge is 0.325 e. The molecule has 1 N–H and O–H groups in total. The van der Waals surface area contributed by atoms with E-state index in [4.69, 9.17) is 0 Å². The zero-order valence-corrected chi connectivity index (χ0v) is 15.0. The number of benzene rings is 2. The molecule has 3 nitrogen and oxygen atoms in total. The number of carbonyl (C=O) groups excluding carboxylic acids is 1. The SMILES string of the molecule is Cc1cc(Br)ccc1NC(=O)CN(C)C(C)c1ccc(F)cc1. The van der Waals surface area contributed by atoms with E-state index in [1.54, 1.807) is 12.1 Å². The number of hydrogen-bond acceptors (Lipinski definition) is 2. The highest BCUT2D eigenvalue weighted by Gasteiger charge is 2.15. The lowest BCUT2D eigenvalue weighted by molar-refractivity contribution is -0.117. The van der Waals surface area contributed by atoms with E-state index in [1.165, 1.54) is 12.1 Å². The molecule has 0 bridgehead atoms. The molecule has 2 aromatic rings. The molecule has 0 saturated carbocycles. The van der Waals surface area contributed by atoms with Gasteiger partial charge in [0, 0.05) is 16.2 Å². The van der Waals surface area contributed by atoms with Gasteiger partial charge in [0.2, 0.25) is 5.91 Å². The smallest absolute Gasteiger partial charge is 0.238 e. The van der Waals surface area contributed by atoms with Crippen LogP contribution in [0.5, 0.6) is 0 Å². The van der Waals surface area contributed by atoms with Crippen molar-refractivity contribution in [2.45, 2.75) is 19.9 Å². The van der Waals surface area contributed by atoms with Crippen LogP contribution in [-0.2, 0) is 4.79 Å². The molecule has 0 saturated heterocycles. The zero-order chi connectivity index (χ0) is 17.0. The van der Waals surface area contributed by atoms with Gasteiger partial charge in [-0.3, -0.25) is 9.69 Å². The molecule has 1 unspecified atom stereocenters. The molecule has 2 rings (SSSR count). The molecule has 122 valence electrons. The Morgan fingerprint density at radius 1 is 1.26 bits per heavy atom. The highest BCUT2D eigenvalue weighted by atomic mass is 79.9. The molecule has 5 heteroatoms. The molecular formula is C18H20BrFN2O. The van der Waals surface area contributed by atoms with Gasteiger partial charge in [0.25, 0.3) is 0 Å². The number of nitrogens with one attached hydrogen (secondary N) is 1. The molecule has 0 aliphatic heterocycles. The van der Waals surface area contributed by atoms with Crippen molar-refractivity contribution in [2.24, 2.45) is 0 Å². The van der Waals surface area contributed by atoms with Crippen molar-refractivity contribution in [1.29, 1.82) is 0 Å². The monoisotopic (exact) mass is 378 g/mol. The molecule has 23 heavy (non-hydrogen) atoms. The molecule has 0 fully saturated rings. The van der Waals surface area contributed by atoms with E-state index in [2.05, 4.69) is 21.2 Å². The lowest BCUT2D eigenvalue weighted by Gasteiger charge is -2.24. The molecule has 0 aromatic heterocycles. The molecule has 0 spiro atoms. The number of likely N-dealkylation sites (N-methyl/N-ethyl adjacent to an activating group) is 1. The Bertz CT molecular complexity index is 688. The second kappa shape index (κ2) is 7.70. The van der Waals surface area contributed by atoms with Crippen LogP contribution >= 0.6 is 15.9 Å². The minimum Gasteiger partial charge on any atom is -0.325 e. The van der Waals surface area contributed by atoms with E-state index in [0.29, 0.717) is 0 Å². The van der Waals surface area contributed by atoms with Crippen molar-refractivity contribution in [3.63, 3.8) is 0 Å². The number of carbonyl (C=O) groups is 1. The fraction of sp³-hybridized carbons (Fsp3) is 0.278. The van der Waals surface area contributed by atoms with Crippen LogP contribution in [0.4, 0.5) is 10.1 Å². The maximum atomic E-state index is 13.0. The summed E-state index contributed by atoms with van der Waals surface area (Å²) in [5.41, 5.74) is 2.78. The van der Waals surface area contributed by atoms with Gasteiger partial charge in [-0.2, -0.15) is 0 Å². The summed E-state index contributed by atoms with van der Waals surface area (Å²) in [6.07, 6.45) is 0. The van der Waals surface area contributed by atoms with Gasteiger partial charge in [-0.1, -0.05) is 28.1 Å². The molecule has 0 aliphatic rings. The second-order valence-corrected chi connectivity index (χ2v) is 6.57. The minimum absolute atomic E-state index is 0.0207. The van der Waals surface area contributed by atoms with Crippen molar-refractivity contribution >= 4 is 27.5 Å². The average Bonchev–Trinajstić information content (AvgIpc) is 2.50. The number of aryl methyl sites for hydroxylation is 1. The van der Waals surface area contributed by atoms with Gasteiger partial charge in [0.1, 0.15) is 5.82 Å². The van der Waals surface area contributed by atoms with Gasteiger partial charge in [-0.15, -0.1) is 0 Å². The third kappa shape index (κ3) is 4.88. The van der Waals surface area contributed by atoms with E-state index < -0.39 is 0 Å². The minimum atomic E-state index is -0.257. The van der Waals surface area contributed by atoms with Crippen molar-refractivity contribution in [3.05, 3.63) is 63.9 Å². The first kappa shape index (κ1) is 17.6. The fourth-order valence-corrected chi connectivity index (χ4v) is 2.79. The Morgan fingerprint density at radius 2 is 1.91 bits per heavy atom. The maximum absolute atomic E-state index is 13.0. The first-order chi connectivity index (χ1) is 10.9. The zero-order valence-electron chi connectivity index (χ0n) is 13.4. The summed E-state index contributed by atoms with van der Waals surface area (Å²) >= 11 is 3.41. The Kier molecular flexibility index (Phi) is 5.91. The lowest BCUT2D eigenvalue weighted by Crippen LogP contribution is -2.32. The number of rotatable bonds is 5. The van der Waals surface area contributed by atoms with Crippen LogP contribution in [0.25, 0.3) is 0 Å². The van der Waals surface area contributed by atoms with Gasteiger partial charge in [0.05, 0.1) is 6.54 Å². The summed E-state index contributed by atoms with van der Waals surface area (Å²) in [6.45, 7) is 4.20. The van der Waals surface area contributed by atoms with Crippen LogP contribution in [-0.4, -0.2) is 24.4 Å². The molecule has 2 aromatic carbocycles. The van der Waals surface area contributed by atoms with E-state index in [9.17, 15) is 9.18 Å². The number of hydrogen-bond donors (Lipinski definition) is 1. The van der Waals surface area contributed by atoms with E-state index in [0.717, 1.165) is 21.3 Å². The predicted molar refractivity (Wildman–Crippen MR) is 95.0 cm³/mol. The predicted octanol–water partition coefficient (Wildman–Crippen LogP) is 4.53. The standard InChI is InChI=1S/C18H20BrFN2O/c1-12-10-15(19)6-9-17(12)21-18(23)11-22(3)13(2)14-4-7-16(20)8-5-14/h4-10,13H,11H2,1-3H3,(H,21,23). The molecule has 1 amide bonds. The quantitative estimate of drug-likeness (QED) is 0.828. The summed E-state index contributed by atoms with van der Waals surface area (Å²) in [7, 11) is 1.88. The first-order valence-corrected chi connectivity index (χ1v) is 8.18. The Hall–Kier alpha value is -1.72. The highest BCUT2D eigenvalue weighted by molar-refractivity contribution is 9.10. The van der Waals surface area contributed by atoms with Crippen LogP contribution in [0, 0.1) is 12.7 Å². The van der Waals surface area contributed by atoms with Gasteiger partial charge in [-0.25, -0.2) is 4.39 Å². The topological polar surface area (TPSA) is 32.3 Å². The fourth-order valence-electron chi connectivity index (χ4n) is 2.32. The summed E-state index contributed by atoms with van der Waals surface area (Å²) in [4.78, 5) is 14.2. The Morgan fingerprint density at radius 3 is 2.52 bits per heavy atom. The summed E-state index contributed by atoms with van der Waals surface area (Å²) < 4.78 is 14.0. The van der Waals surface area contributed by atoms with Crippen LogP contribution in [0.1, 0.15) is 24.1 Å². The Balaban J connectivity index is 1.97. The van der Waals surface area contributed by atoms with Gasteiger partial charge in [0.15, 0.2) is 0 Å². The summed E-state index contributed by atoms with van der Waals surface area (Å²) in [5.74, 6) is -0.334. The average molecular weight is 379 g/mol. The van der Waals surface area contributed by atoms with Crippen LogP contribution in [0.3, 0.4) is 0 Å². The molecule has 0 aliphatic carbocycles. The first-order valence-electron chi connectivity index (χ1n) is 7.38. The lowest BCUT2D eigenvalue weighted by atomic mass is 10.1. The maximum Gasteiger partial charge on any atom is 0.238 e. The summed E-state index contributed by atoms with van der Waals surface area (Å²) in [6, 6.07) is 12.1. The van der Waals surface area contributed by atoms with E-state index in [-0.39, 0.29) is 24.3 Å². The Labute approximate surface area is 144 Å². The van der Waals surface area contributed by atoms with Gasteiger partial charge in [-0.05, 0) is 62.4 Å².